The summed E-state index contributed by atoms with van der Waals surface area (Å²) in [5, 5.41) is 3.05. The number of hydrogen-bond donors (Lipinski definition) is 1. The van der Waals surface area contributed by atoms with Crippen molar-refractivity contribution in [2.45, 2.75) is 12.8 Å². The number of aryl methyl sites for hydroxylation is 1. The smallest absolute Gasteiger partial charge is 0.163 e. The number of benzene rings is 1. The van der Waals surface area contributed by atoms with Gasteiger partial charge < -0.3 is 5.32 Å². The number of hydrogen-bond acceptors (Lipinski definition) is 2. The first-order valence-corrected chi connectivity index (χ1v) is 5.28. The number of fused-ring (bicyclic) bond motifs is 1. The highest BCUT2D eigenvalue weighted by molar-refractivity contribution is 6.00. The highest BCUT2D eigenvalue weighted by atomic mass is 16.1. The van der Waals surface area contributed by atoms with E-state index in [0.29, 0.717) is 6.42 Å². The van der Waals surface area contributed by atoms with Crippen LogP contribution in [0.2, 0.25) is 0 Å². The zero-order valence-corrected chi connectivity index (χ0v) is 8.92. The number of nitrogens with one attached hydrogen (secondary N) is 1. The molecule has 0 amide bonds. The Hall–Kier alpha value is -1.41. The standard InChI is InChI=1S/C13H15NO/c1-14-8-2-3-10-4-5-11-6-7-13(15)12(11)9-10/h2-5,9,14H,6-8H2,1H3. The van der Waals surface area contributed by atoms with Crippen molar-refractivity contribution in [1.29, 1.82) is 0 Å². The van der Waals surface area contributed by atoms with Gasteiger partial charge in [-0.25, -0.2) is 0 Å². The van der Waals surface area contributed by atoms with Gasteiger partial charge in [0, 0.05) is 18.5 Å². The fourth-order valence-electron chi connectivity index (χ4n) is 1.87. The van der Waals surface area contributed by atoms with E-state index < -0.39 is 0 Å². The molecule has 1 N–H and O–H groups in total. The van der Waals surface area contributed by atoms with Crippen LogP contribution >= 0.6 is 0 Å². The molecule has 0 saturated heterocycles. The minimum Gasteiger partial charge on any atom is -0.316 e. The van der Waals surface area contributed by atoms with Crippen LogP contribution in [0.1, 0.15) is 27.9 Å². The van der Waals surface area contributed by atoms with Crippen molar-refractivity contribution in [3.63, 3.8) is 0 Å². The van der Waals surface area contributed by atoms with Gasteiger partial charge >= 0.3 is 0 Å². The fourth-order valence-corrected chi connectivity index (χ4v) is 1.87. The minimum atomic E-state index is 0.286. The number of Topliss-reactive ketones (excluding diaryl/α,β-unsaturated/α-hetero) is 1. The average Bonchev–Trinajstić information content (AvgIpc) is 2.61. The summed E-state index contributed by atoms with van der Waals surface area (Å²) in [6.07, 6.45) is 5.69. The Morgan fingerprint density at radius 3 is 3.07 bits per heavy atom. The molecule has 0 unspecified atom stereocenters. The molecule has 0 aliphatic heterocycles. The zero-order valence-electron chi connectivity index (χ0n) is 8.92. The highest BCUT2D eigenvalue weighted by Crippen LogP contribution is 2.23. The summed E-state index contributed by atoms with van der Waals surface area (Å²) < 4.78 is 0. The van der Waals surface area contributed by atoms with E-state index >= 15 is 0 Å². The maximum absolute atomic E-state index is 11.5. The molecule has 0 aromatic heterocycles. The van der Waals surface area contributed by atoms with Gasteiger partial charge in [-0.15, -0.1) is 0 Å². The van der Waals surface area contributed by atoms with Crippen LogP contribution in [0.3, 0.4) is 0 Å². The van der Waals surface area contributed by atoms with Gasteiger partial charge in [0.15, 0.2) is 5.78 Å². The summed E-state index contributed by atoms with van der Waals surface area (Å²) in [4.78, 5) is 11.5. The van der Waals surface area contributed by atoms with Gasteiger partial charge in [0.05, 0.1) is 0 Å². The third-order valence-electron chi connectivity index (χ3n) is 2.69. The normalized spacial score (nSPS) is 14.9. The van der Waals surface area contributed by atoms with Crippen molar-refractivity contribution >= 4 is 11.9 Å². The van der Waals surface area contributed by atoms with Crippen molar-refractivity contribution in [1.82, 2.24) is 5.32 Å². The molecule has 0 radical (unpaired) electrons. The van der Waals surface area contributed by atoms with E-state index in [-0.39, 0.29) is 5.78 Å². The third kappa shape index (κ3) is 2.16. The van der Waals surface area contributed by atoms with E-state index in [1.54, 1.807) is 0 Å². The maximum Gasteiger partial charge on any atom is 0.163 e. The van der Waals surface area contributed by atoms with Crippen LogP contribution in [-0.2, 0) is 6.42 Å². The molecule has 1 aliphatic rings. The predicted molar refractivity (Wildman–Crippen MR) is 62.1 cm³/mol. The molecule has 2 rings (SSSR count). The minimum absolute atomic E-state index is 0.286. The number of rotatable bonds is 3. The maximum atomic E-state index is 11.5. The SMILES string of the molecule is CNCC=Cc1ccc2c(c1)C(=O)CC2. The summed E-state index contributed by atoms with van der Waals surface area (Å²) in [6.45, 7) is 0.852. The lowest BCUT2D eigenvalue weighted by molar-refractivity contribution is 0.0994. The second-order valence-electron chi connectivity index (χ2n) is 3.80. The first kappa shape index (κ1) is 10.1. The van der Waals surface area contributed by atoms with E-state index in [1.165, 1.54) is 5.56 Å². The van der Waals surface area contributed by atoms with Crippen LogP contribution in [0.25, 0.3) is 6.08 Å². The zero-order chi connectivity index (χ0) is 10.7. The van der Waals surface area contributed by atoms with Crippen molar-refractivity contribution in [2.24, 2.45) is 0 Å². The molecule has 2 heteroatoms. The largest absolute Gasteiger partial charge is 0.316 e. The molecule has 0 atom stereocenters. The van der Waals surface area contributed by atoms with Gasteiger partial charge in [-0.2, -0.15) is 0 Å². The molecule has 1 aromatic rings. The molecule has 0 heterocycles. The topological polar surface area (TPSA) is 29.1 Å². The van der Waals surface area contributed by atoms with Crippen LogP contribution in [0.4, 0.5) is 0 Å². The van der Waals surface area contributed by atoms with Crippen molar-refractivity contribution in [2.75, 3.05) is 13.6 Å². The Bertz CT molecular complexity index is 407. The molecule has 2 nitrogen and oxygen atoms in total. The van der Waals surface area contributed by atoms with Crippen molar-refractivity contribution in [3.8, 4) is 0 Å². The van der Waals surface area contributed by atoms with Gasteiger partial charge in [0.25, 0.3) is 0 Å². The molecule has 0 fully saturated rings. The lowest BCUT2D eigenvalue weighted by Gasteiger charge is -1.99. The predicted octanol–water partition coefficient (Wildman–Crippen LogP) is 2.05. The fraction of sp³-hybridized carbons (Fsp3) is 0.308. The van der Waals surface area contributed by atoms with Gasteiger partial charge in [-0.1, -0.05) is 24.3 Å². The van der Waals surface area contributed by atoms with E-state index in [2.05, 4.69) is 23.5 Å². The third-order valence-corrected chi connectivity index (χ3v) is 2.69. The van der Waals surface area contributed by atoms with Gasteiger partial charge in [0.2, 0.25) is 0 Å². The van der Waals surface area contributed by atoms with Crippen molar-refractivity contribution in [3.05, 3.63) is 41.0 Å². The molecule has 0 bridgehead atoms. The van der Waals surface area contributed by atoms with Crippen LogP contribution in [-0.4, -0.2) is 19.4 Å². The molecular formula is C13H15NO. The number of likely N-dealkylation sites (N-methyl/N-ethyl adjacent to an activating group) is 1. The molecule has 1 aromatic carbocycles. The van der Waals surface area contributed by atoms with Crippen LogP contribution in [0, 0.1) is 0 Å². The average molecular weight is 201 g/mol. The summed E-state index contributed by atoms with van der Waals surface area (Å²) >= 11 is 0. The highest BCUT2D eigenvalue weighted by Gasteiger charge is 2.18. The molecular weight excluding hydrogens is 186 g/mol. The lowest BCUT2D eigenvalue weighted by Crippen LogP contribution is -2.03. The van der Waals surface area contributed by atoms with Crippen LogP contribution in [0.5, 0.6) is 0 Å². The molecule has 15 heavy (non-hydrogen) atoms. The molecule has 78 valence electrons. The Morgan fingerprint density at radius 1 is 1.40 bits per heavy atom. The van der Waals surface area contributed by atoms with Crippen molar-refractivity contribution < 1.29 is 4.79 Å². The molecule has 0 spiro atoms. The molecule has 0 saturated carbocycles. The first-order chi connectivity index (χ1) is 7.31. The second kappa shape index (κ2) is 4.41. The first-order valence-electron chi connectivity index (χ1n) is 5.28. The monoisotopic (exact) mass is 201 g/mol. The number of carbonyl (C=O) groups is 1. The quantitative estimate of drug-likeness (QED) is 0.811. The van der Waals surface area contributed by atoms with Gasteiger partial charge in [-0.05, 0) is 30.7 Å². The Balaban J connectivity index is 2.22. The Kier molecular flexibility index (Phi) is 2.97. The van der Waals surface area contributed by atoms with E-state index in [4.69, 9.17) is 0 Å². The summed E-state index contributed by atoms with van der Waals surface area (Å²) in [7, 11) is 1.91. The van der Waals surface area contributed by atoms with Crippen LogP contribution < -0.4 is 5.32 Å². The van der Waals surface area contributed by atoms with Gasteiger partial charge in [-0.3, -0.25) is 4.79 Å². The number of carbonyl (C=O) groups excluding carboxylic acids is 1. The van der Waals surface area contributed by atoms with E-state index in [1.807, 2.05) is 19.2 Å². The van der Waals surface area contributed by atoms with E-state index in [0.717, 1.165) is 24.1 Å². The Morgan fingerprint density at radius 2 is 2.27 bits per heavy atom. The number of ketones is 1. The summed E-state index contributed by atoms with van der Waals surface area (Å²) in [5.41, 5.74) is 3.23. The molecule has 1 aliphatic carbocycles. The van der Waals surface area contributed by atoms with Crippen LogP contribution in [0.15, 0.2) is 24.3 Å². The lowest BCUT2D eigenvalue weighted by atomic mass is 10.1. The summed E-state index contributed by atoms with van der Waals surface area (Å²) in [5.74, 6) is 0.286. The second-order valence-corrected chi connectivity index (χ2v) is 3.80. The summed E-state index contributed by atoms with van der Waals surface area (Å²) in [6, 6.07) is 6.14. The van der Waals surface area contributed by atoms with E-state index in [9.17, 15) is 4.79 Å². The Labute approximate surface area is 90.0 Å². The van der Waals surface area contributed by atoms with Gasteiger partial charge in [0.1, 0.15) is 0 Å².